The molecule has 0 aliphatic heterocycles. The van der Waals surface area contributed by atoms with E-state index in [2.05, 4.69) is 49.9 Å². The summed E-state index contributed by atoms with van der Waals surface area (Å²) < 4.78 is 5.80. The molecule has 0 radical (unpaired) electrons. The molecule has 3 heteroatoms. The number of aryl methyl sites for hydroxylation is 2. The van der Waals surface area contributed by atoms with Crippen LogP contribution >= 0.6 is 0 Å². The Kier molecular flexibility index (Phi) is 7.48. The highest BCUT2D eigenvalue weighted by Crippen LogP contribution is 2.17. The molecule has 2 aromatic rings. The highest BCUT2D eigenvalue weighted by Gasteiger charge is 2.17. The topological polar surface area (TPSA) is 32.7 Å². The van der Waals surface area contributed by atoms with Crippen LogP contribution in [0.4, 0.5) is 0 Å². The van der Waals surface area contributed by atoms with Gasteiger partial charge in [-0.3, -0.25) is 4.90 Å². The summed E-state index contributed by atoms with van der Waals surface area (Å²) in [5, 5.41) is 10.5. The Morgan fingerprint density at radius 1 is 1.04 bits per heavy atom. The van der Waals surface area contributed by atoms with Crippen molar-refractivity contribution in [3.8, 4) is 5.75 Å². The predicted octanol–water partition coefficient (Wildman–Crippen LogP) is 4.34. The molecular weight excluding hydrogens is 310 g/mol. The molecule has 0 saturated carbocycles. The van der Waals surface area contributed by atoms with Gasteiger partial charge in [0.1, 0.15) is 18.5 Å². The molecule has 3 nitrogen and oxygen atoms in total. The molecule has 25 heavy (non-hydrogen) atoms. The zero-order chi connectivity index (χ0) is 18.2. The van der Waals surface area contributed by atoms with E-state index < -0.39 is 6.10 Å². The Morgan fingerprint density at radius 2 is 1.72 bits per heavy atom. The summed E-state index contributed by atoms with van der Waals surface area (Å²) in [5.74, 6) is 0.843. The van der Waals surface area contributed by atoms with Gasteiger partial charge in [0.25, 0.3) is 0 Å². The van der Waals surface area contributed by atoms with Gasteiger partial charge < -0.3 is 9.84 Å². The smallest absolute Gasteiger partial charge is 0.122 e. The minimum Gasteiger partial charge on any atom is -0.491 e. The Bertz CT molecular complexity index is 639. The van der Waals surface area contributed by atoms with E-state index in [1.54, 1.807) is 0 Å². The van der Waals surface area contributed by atoms with Crippen LogP contribution in [0.5, 0.6) is 5.75 Å². The largest absolute Gasteiger partial charge is 0.491 e. The molecule has 0 aromatic heterocycles. The summed E-state index contributed by atoms with van der Waals surface area (Å²) in [6, 6.07) is 16.9. The molecule has 0 heterocycles. The zero-order valence-corrected chi connectivity index (χ0v) is 15.9. The Labute approximate surface area is 152 Å². The van der Waals surface area contributed by atoms with Crippen molar-refractivity contribution in [2.75, 3.05) is 13.2 Å². The SMILES string of the molecule is CC[C@H](C)N(Cc1ccc(C)cc1)C[C@@H](O)COc1ccccc1C. The van der Waals surface area contributed by atoms with Gasteiger partial charge in [0.05, 0.1) is 0 Å². The number of nitrogens with zero attached hydrogens (tertiary/aromatic N) is 1. The lowest BCUT2D eigenvalue weighted by Crippen LogP contribution is -2.40. The molecular formula is C22H31NO2. The van der Waals surface area contributed by atoms with Gasteiger partial charge >= 0.3 is 0 Å². The first-order valence-electron chi connectivity index (χ1n) is 9.15. The predicted molar refractivity (Wildman–Crippen MR) is 104 cm³/mol. The van der Waals surface area contributed by atoms with E-state index in [9.17, 15) is 5.11 Å². The fourth-order valence-corrected chi connectivity index (χ4v) is 2.81. The van der Waals surface area contributed by atoms with Crippen molar-refractivity contribution >= 4 is 0 Å². The monoisotopic (exact) mass is 341 g/mol. The summed E-state index contributed by atoms with van der Waals surface area (Å²) in [6.07, 6.45) is 0.538. The van der Waals surface area contributed by atoms with Crippen molar-refractivity contribution in [2.24, 2.45) is 0 Å². The number of benzene rings is 2. The lowest BCUT2D eigenvalue weighted by molar-refractivity contribution is 0.0504. The molecule has 0 aliphatic rings. The maximum atomic E-state index is 10.5. The van der Waals surface area contributed by atoms with Crippen molar-refractivity contribution in [1.82, 2.24) is 4.90 Å². The summed E-state index contributed by atoms with van der Waals surface area (Å²) in [5.41, 5.74) is 3.64. The maximum absolute atomic E-state index is 10.5. The van der Waals surface area contributed by atoms with E-state index in [1.807, 2.05) is 31.2 Å². The summed E-state index contributed by atoms with van der Waals surface area (Å²) in [7, 11) is 0. The summed E-state index contributed by atoms with van der Waals surface area (Å²) in [4.78, 5) is 2.33. The van der Waals surface area contributed by atoms with Gasteiger partial charge in [0.2, 0.25) is 0 Å². The number of hydrogen-bond donors (Lipinski definition) is 1. The van der Waals surface area contributed by atoms with E-state index in [0.717, 1.165) is 24.3 Å². The maximum Gasteiger partial charge on any atom is 0.122 e. The van der Waals surface area contributed by atoms with Crippen LogP contribution in [0.25, 0.3) is 0 Å². The van der Waals surface area contributed by atoms with Crippen LogP contribution in [0.3, 0.4) is 0 Å². The zero-order valence-electron chi connectivity index (χ0n) is 15.9. The average molecular weight is 341 g/mol. The molecule has 2 rings (SSSR count). The van der Waals surface area contributed by atoms with Crippen molar-refractivity contribution in [3.05, 3.63) is 65.2 Å². The average Bonchev–Trinajstić information content (AvgIpc) is 2.61. The fraction of sp³-hybridized carbons (Fsp3) is 0.455. The molecule has 0 unspecified atom stereocenters. The molecule has 0 bridgehead atoms. The minimum atomic E-state index is -0.515. The Morgan fingerprint density at radius 3 is 2.36 bits per heavy atom. The molecule has 1 N–H and O–H groups in total. The van der Waals surface area contributed by atoms with E-state index in [0.29, 0.717) is 19.2 Å². The molecule has 0 spiro atoms. The molecule has 136 valence electrons. The molecule has 0 aliphatic carbocycles. The standard InChI is InChI=1S/C22H31NO2/c1-5-19(4)23(14-20-12-10-17(2)11-13-20)15-21(24)16-25-22-9-7-6-8-18(22)3/h6-13,19,21,24H,5,14-16H2,1-4H3/t19-,21+/m0/s1. The second-order valence-corrected chi connectivity index (χ2v) is 6.90. The van der Waals surface area contributed by atoms with Crippen LogP contribution in [0, 0.1) is 13.8 Å². The number of hydrogen-bond acceptors (Lipinski definition) is 3. The van der Waals surface area contributed by atoms with E-state index in [1.165, 1.54) is 11.1 Å². The third-order valence-corrected chi connectivity index (χ3v) is 4.69. The van der Waals surface area contributed by atoms with E-state index >= 15 is 0 Å². The first-order valence-corrected chi connectivity index (χ1v) is 9.15. The molecule has 0 amide bonds. The first kappa shape index (κ1) is 19.5. The number of aliphatic hydroxyl groups is 1. The molecule has 0 saturated heterocycles. The van der Waals surface area contributed by atoms with Gasteiger partial charge in [-0.05, 0) is 44.4 Å². The number of para-hydroxylation sites is 1. The highest BCUT2D eigenvalue weighted by molar-refractivity contribution is 5.31. The van der Waals surface area contributed by atoms with Crippen molar-refractivity contribution in [2.45, 2.75) is 52.8 Å². The lowest BCUT2D eigenvalue weighted by Gasteiger charge is -2.30. The normalized spacial score (nSPS) is 13.7. The van der Waals surface area contributed by atoms with E-state index in [4.69, 9.17) is 4.74 Å². The van der Waals surface area contributed by atoms with Gasteiger partial charge in [-0.15, -0.1) is 0 Å². The lowest BCUT2D eigenvalue weighted by atomic mass is 10.1. The van der Waals surface area contributed by atoms with Crippen LogP contribution in [0.1, 0.15) is 37.0 Å². The van der Waals surface area contributed by atoms with Crippen molar-refractivity contribution < 1.29 is 9.84 Å². The van der Waals surface area contributed by atoms with Crippen LogP contribution in [0.2, 0.25) is 0 Å². The minimum absolute atomic E-state index is 0.311. The Hall–Kier alpha value is -1.84. The van der Waals surface area contributed by atoms with Gasteiger partial charge in [-0.25, -0.2) is 0 Å². The molecule has 2 atom stereocenters. The Balaban J connectivity index is 1.93. The number of aliphatic hydroxyl groups excluding tert-OH is 1. The molecule has 0 fully saturated rings. The first-order chi connectivity index (χ1) is 12.0. The van der Waals surface area contributed by atoms with E-state index in [-0.39, 0.29) is 0 Å². The van der Waals surface area contributed by atoms with Crippen LogP contribution in [0.15, 0.2) is 48.5 Å². The van der Waals surface area contributed by atoms with Crippen molar-refractivity contribution in [1.29, 1.82) is 0 Å². The fourth-order valence-electron chi connectivity index (χ4n) is 2.81. The van der Waals surface area contributed by atoms with Gasteiger partial charge in [-0.2, -0.15) is 0 Å². The number of ether oxygens (including phenoxy) is 1. The van der Waals surface area contributed by atoms with Crippen molar-refractivity contribution in [3.63, 3.8) is 0 Å². The second kappa shape index (κ2) is 9.59. The number of rotatable bonds is 9. The van der Waals surface area contributed by atoms with Gasteiger partial charge in [0.15, 0.2) is 0 Å². The summed E-state index contributed by atoms with van der Waals surface area (Å²) >= 11 is 0. The highest BCUT2D eigenvalue weighted by atomic mass is 16.5. The third-order valence-electron chi connectivity index (χ3n) is 4.69. The van der Waals surface area contributed by atoms with Crippen LogP contribution < -0.4 is 4.74 Å². The third kappa shape index (κ3) is 6.18. The second-order valence-electron chi connectivity index (χ2n) is 6.90. The summed E-state index contributed by atoms with van der Waals surface area (Å²) in [6.45, 7) is 10.3. The van der Waals surface area contributed by atoms with Crippen LogP contribution in [-0.4, -0.2) is 35.3 Å². The van der Waals surface area contributed by atoms with Gasteiger partial charge in [0, 0.05) is 19.1 Å². The van der Waals surface area contributed by atoms with Crippen LogP contribution in [-0.2, 0) is 6.54 Å². The van der Waals surface area contributed by atoms with Gasteiger partial charge in [-0.1, -0.05) is 55.0 Å². The quantitative estimate of drug-likeness (QED) is 0.736. The molecule has 2 aromatic carbocycles.